The predicted molar refractivity (Wildman–Crippen MR) is 119 cm³/mol. The quantitative estimate of drug-likeness (QED) is 0.456. The summed E-state index contributed by atoms with van der Waals surface area (Å²) in [7, 11) is 0. The molecule has 1 heterocycles. The van der Waals surface area contributed by atoms with Crippen LogP contribution in [0, 0.1) is 17.8 Å². The second-order valence-corrected chi connectivity index (χ2v) is 9.87. The van der Waals surface area contributed by atoms with Gasteiger partial charge in [0.25, 0.3) is 0 Å². The van der Waals surface area contributed by atoms with Gasteiger partial charge in [0, 0.05) is 13.2 Å². The van der Waals surface area contributed by atoms with Crippen molar-refractivity contribution >= 4 is 0 Å². The fraction of sp³-hybridized carbons (Fsp3) is 0.760. The van der Waals surface area contributed by atoms with Gasteiger partial charge in [0.2, 0.25) is 0 Å². The second-order valence-electron chi connectivity index (χ2n) is 9.87. The number of hydrogen-bond donors (Lipinski definition) is 1. The van der Waals surface area contributed by atoms with Crippen molar-refractivity contribution in [3.05, 3.63) is 29.8 Å². The van der Waals surface area contributed by atoms with Gasteiger partial charge in [-0.15, -0.1) is 0 Å². The number of nitrogens with one attached hydrogen (secondary N) is 1. The lowest BCUT2D eigenvalue weighted by atomic mass is 9.75. The molecule has 0 saturated carbocycles. The van der Waals surface area contributed by atoms with Crippen molar-refractivity contribution in [2.24, 2.45) is 17.8 Å². The molecule has 0 amide bonds. The highest BCUT2D eigenvalue weighted by atomic mass is 16.5. The highest BCUT2D eigenvalue weighted by Gasteiger charge is 2.33. The van der Waals surface area contributed by atoms with E-state index in [9.17, 15) is 0 Å². The summed E-state index contributed by atoms with van der Waals surface area (Å²) in [6, 6.07) is 8.49. The first-order valence-electron chi connectivity index (χ1n) is 11.4. The number of hydrogen-bond acceptors (Lipinski definition) is 3. The Morgan fingerprint density at radius 2 is 1.79 bits per heavy atom. The van der Waals surface area contributed by atoms with Gasteiger partial charge in [-0.2, -0.15) is 0 Å². The van der Waals surface area contributed by atoms with Crippen molar-refractivity contribution in [2.45, 2.75) is 91.9 Å². The standard InChI is InChI=1S/C25H43NO2/c1-19(2)7-10-22(23-14-16-27-25(5,6)17-23)13-15-26-18-21-8-11-24(12-9-21)28-20(3)4/h8-9,11-12,19-20,22-23,26H,7,10,13-18H2,1-6H3/t22-,23-/m1/s1. The van der Waals surface area contributed by atoms with E-state index in [1.165, 1.54) is 37.7 Å². The Balaban J connectivity index is 1.80. The highest BCUT2D eigenvalue weighted by molar-refractivity contribution is 5.27. The van der Waals surface area contributed by atoms with Crippen molar-refractivity contribution in [1.82, 2.24) is 5.32 Å². The Morgan fingerprint density at radius 1 is 1.07 bits per heavy atom. The summed E-state index contributed by atoms with van der Waals surface area (Å²) in [5.74, 6) is 3.35. The van der Waals surface area contributed by atoms with Gasteiger partial charge in [0.1, 0.15) is 5.75 Å². The van der Waals surface area contributed by atoms with Crippen LogP contribution in [0.15, 0.2) is 24.3 Å². The Morgan fingerprint density at radius 3 is 2.39 bits per heavy atom. The first-order valence-corrected chi connectivity index (χ1v) is 11.4. The van der Waals surface area contributed by atoms with E-state index in [0.717, 1.165) is 43.2 Å². The van der Waals surface area contributed by atoms with Crippen LogP contribution in [-0.2, 0) is 11.3 Å². The molecule has 160 valence electrons. The van der Waals surface area contributed by atoms with E-state index in [4.69, 9.17) is 9.47 Å². The van der Waals surface area contributed by atoms with Crippen LogP contribution >= 0.6 is 0 Å². The highest BCUT2D eigenvalue weighted by Crippen LogP contribution is 2.37. The van der Waals surface area contributed by atoms with Gasteiger partial charge >= 0.3 is 0 Å². The third-order valence-electron chi connectivity index (χ3n) is 5.83. The molecule has 3 nitrogen and oxygen atoms in total. The van der Waals surface area contributed by atoms with E-state index < -0.39 is 0 Å². The zero-order valence-corrected chi connectivity index (χ0v) is 19.1. The van der Waals surface area contributed by atoms with Gasteiger partial charge in [-0.25, -0.2) is 0 Å². The van der Waals surface area contributed by atoms with Gasteiger partial charge in [-0.05, 0) is 95.4 Å². The molecule has 0 bridgehead atoms. The molecule has 1 fully saturated rings. The minimum absolute atomic E-state index is 0.0478. The lowest BCUT2D eigenvalue weighted by molar-refractivity contribution is -0.0839. The van der Waals surface area contributed by atoms with E-state index in [2.05, 4.69) is 71.1 Å². The van der Waals surface area contributed by atoms with Crippen molar-refractivity contribution < 1.29 is 9.47 Å². The van der Waals surface area contributed by atoms with E-state index in [1.807, 2.05) is 0 Å². The first-order chi connectivity index (χ1) is 13.2. The third kappa shape index (κ3) is 8.53. The third-order valence-corrected chi connectivity index (χ3v) is 5.83. The van der Waals surface area contributed by atoms with Crippen LogP contribution in [0.5, 0.6) is 5.75 Å². The minimum atomic E-state index is 0.0478. The Labute approximate surface area is 173 Å². The van der Waals surface area contributed by atoms with E-state index in [-0.39, 0.29) is 11.7 Å². The number of ether oxygens (including phenoxy) is 2. The van der Waals surface area contributed by atoms with Crippen LogP contribution < -0.4 is 10.1 Å². The lowest BCUT2D eigenvalue weighted by Gasteiger charge is -2.39. The van der Waals surface area contributed by atoms with Crippen molar-refractivity contribution in [1.29, 1.82) is 0 Å². The molecule has 0 unspecified atom stereocenters. The van der Waals surface area contributed by atoms with Gasteiger partial charge < -0.3 is 14.8 Å². The average molecular weight is 390 g/mol. The fourth-order valence-electron chi connectivity index (χ4n) is 4.32. The molecule has 3 heteroatoms. The molecule has 1 aromatic rings. The maximum Gasteiger partial charge on any atom is 0.119 e. The first kappa shape index (κ1) is 23.2. The molecule has 1 aliphatic heterocycles. The Bertz CT molecular complexity index is 550. The van der Waals surface area contributed by atoms with Gasteiger partial charge in [-0.1, -0.05) is 32.4 Å². The summed E-state index contributed by atoms with van der Waals surface area (Å²) >= 11 is 0. The molecule has 1 N–H and O–H groups in total. The number of benzene rings is 1. The molecule has 1 aromatic carbocycles. The summed E-state index contributed by atoms with van der Waals surface area (Å²) in [6.45, 7) is 16.3. The van der Waals surface area contributed by atoms with Crippen LogP contribution in [0.4, 0.5) is 0 Å². The van der Waals surface area contributed by atoms with Crippen LogP contribution in [0.1, 0.15) is 79.2 Å². The van der Waals surface area contributed by atoms with Crippen molar-refractivity contribution in [2.75, 3.05) is 13.2 Å². The summed E-state index contributed by atoms with van der Waals surface area (Å²) in [5, 5.41) is 3.67. The van der Waals surface area contributed by atoms with E-state index in [1.54, 1.807) is 0 Å². The van der Waals surface area contributed by atoms with Crippen LogP contribution in [0.2, 0.25) is 0 Å². The smallest absolute Gasteiger partial charge is 0.119 e. The Hall–Kier alpha value is -1.06. The molecule has 1 saturated heterocycles. The molecule has 28 heavy (non-hydrogen) atoms. The fourth-order valence-corrected chi connectivity index (χ4v) is 4.32. The SMILES string of the molecule is CC(C)CC[C@H](CCNCc1ccc(OC(C)C)cc1)[C@@H]1CCOC(C)(C)C1. The zero-order chi connectivity index (χ0) is 20.6. The van der Waals surface area contributed by atoms with E-state index in [0.29, 0.717) is 0 Å². The molecular formula is C25H43NO2. The van der Waals surface area contributed by atoms with E-state index >= 15 is 0 Å². The van der Waals surface area contributed by atoms with Crippen molar-refractivity contribution in [3.8, 4) is 5.75 Å². The molecule has 0 radical (unpaired) electrons. The van der Waals surface area contributed by atoms with Crippen LogP contribution in [0.3, 0.4) is 0 Å². The lowest BCUT2D eigenvalue weighted by Crippen LogP contribution is -2.37. The molecule has 0 aliphatic carbocycles. The Kier molecular flexibility index (Phi) is 9.30. The molecule has 0 aromatic heterocycles. The summed E-state index contributed by atoms with van der Waals surface area (Å²) in [5.41, 5.74) is 1.37. The maximum absolute atomic E-state index is 5.96. The van der Waals surface area contributed by atoms with Crippen LogP contribution in [0.25, 0.3) is 0 Å². The molecule has 0 spiro atoms. The van der Waals surface area contributed by atoms with Crippen molar-refractivity contribution in [3.63, 3.8) is 0 Å². The maximum atomic E-state index is 5.96. The van der Waals surface area contributed by atoms with Gasteiger partial charge in [0.05, 0.1) is 11.7 Å². The monoisotopic (exact) mass is 389 g/mol. The summed E-state index contributed by atoms with van der Waals surface area (Å²) in [4.78, 5) is 0. The molecule has 1 aliphatic rings. The topological polar surface area (TPSA) is 30.5 Å². The summed E-state index contributed by atoms with van der Waals surface area (Å²) in [6.07, 6.45) is 6.60. The number of rotatable bonds is 11. The average Bonchev–Trinajstić information content (AvgIpc) is 2.61. The summed E-state index contributed by atoms with van der Waals surface area (Å²) < 4.78 is 11.7. The molecule has 2 atom stereocenters. The second kappa shape index (κ2) is 11.2. The normalized spacial score (nSPS) is 20.5. The molecule has 2 rings (SSSR count). The predicted octanol–water partition coefficient (Wildman–Crippen LogP) is 6.21. The zero-order valence-electron chi connectivity index (χ0n) is 19.1. The van der Waals surface area contributed by atoms with Gasteiger partial charge in [0.15, 0.2) is 0 Å². The minimum Gasteiger partial charge on any atom is -0.491 e. The largest absolute Gasteiger partial charge is 0.491 e. The van der Waals surface area contributed by atoms with Gasteiger partial charge in [-0.3, -0.25) is 0 Å². The van der Waals surface area contributed by atoms with Crippen LogP contribution in [-0.4, -0.2) is 24.9 Å². The molecular weight excluding hydrogens is 346 g/mol.